The number of halogens is 2. The number of nitrogens with one attached hydrogen (secondary N) is 4. The number of benzene rings is 3. The maximum Gasteiger partial charge on any atom is 0.256 e. The number of hydrogen-bond donors (Lipinski definition) is 4. The maximum absolute atomic E-state index is 15.9. The Balaban J connectivity index is 0.637. The highest BCUT2D eigenvalue weighted by Gasteiger charge is 2.56. The molecule has 19 heteroatoms. The smallest absolute Gasteiger partial charge is 0.256 e. The first-order valence-corrected chi connectivity index (χ1v) is 23.8. The zero-order valence-corrected chi connectivity index (χ0v) is 38.1. The van der Waals surface area contributed by atoms with Gasteiger partial charge in [0.25, 0.3) is 5.91 Å². The molecule has 4 saturated heterocycles. The molecule has 11 rings (SSSR count). The zero-order valence-electron chi connectivity index (χ0n) is 38.1. The van der Waals surface area contributed by atoms with Crippen molar-refractivity contribution in [1.82, 2.24) is 30.0 Å². The fourth-order valence-electron chi connectivity index (χ4n) is 10.7. The van der Waals surface area contributed by atoms with Crippen molar-refractivity contribution in [2.75, 3.05) is 60.1 Å². The number of likely N-dealkylation sites (tertiary alicyclic amines) is 2. The summed E-state index contributed by atoms with van der Waals surface area (Å²) >= 11 is 0. The number of aromatic nitrogens is 2. The molecule has 70 heavy (non-hydrogen) atoms. The molecular formula is C51H50F2N10O7. The number of rotatable bonds is 13. The van der Waals surface area contributed by atoms with Crippen LogP contribution in [0.25, 0.3) is 10.9 Å². The summed E-state index contributed by atoms with van der Waals surface area (Å²) in [5, 5.41) is 11.3. The van der Waals surface area contributed by atoms with Crippen molar-refractivity contribution in [3.8, 4) is 11.5 Å². The van der Waals surface area contributed by atoms with Crippen LogP contribution in [0.1, 0.15) is 60.9 Å². The highest BCUT2D eigenvalue weighted by molar-refractivity contribution is 6.17. The Morgan fingerprint density at radius 3 is 2.20 bits per heavy atom. The molecule has 0 radical (unpaired) electrons. The van der Waals surface area contributed by atoms with Gasteiger partial charge >= 0.3 is 0 Å². The van der Waals surface area contributed by atoms with E-state index >= 15 is 4.39 Å². The molecule has 5 aromatic rings. The molecule has 6 amide bonds. The summed E-state index contributed by atoms with van der Waals surface area (Å²) in [5.74, 6) is -1.28. The Morgan fingerprint density at radius 1 is 0.814 bits per heavy atom. The largest absolute Gasteiger partial charge is 0.457 e. The van der Waals surface area contributed by atoms with E-state index in [1.54, 1.807) is 48.7 Å². The highest BCUT2D eigenvalue weighted by Crippen LogP contribution is 2.48. The Bertz CT molecular complexity index is 2940. The van der Waals surface area contributed by atoms with Crippen molar-refractivity contribution in [2.24, 2.45) is 11.3 Å². The van der Waals surface area contributed by atoms with E-state index < -0.39 is 35.0 Å². The van der Waals surface area contributed by atoms with E-state index in [-0.39, 0.29) is 55.5 Å². The van der Waals surface area contributed by atoms with Crippen LogP contribution in [0.4, 0.5) is 31.7 Å². The van der Waals surface area contributed by atoms with Crippen LogP contribution in [0, 0.1) is 23.0 Å². The van der Waals surface area contributed by atoms with Crippen LogP contribution < -0.4 is 30.9 Å². The zero-order chi connectivity index (χ0) is 48.3. The Labute approximate surface area is 400 Å². The summed E-state index contributed by atoms with van der Waals surface area (Å²) in [4.78, 5) is 93.6. The predicted octanol–water partition coefficient (Wildman–Crippen LogP) is 5.43. The number of imide groups is 1. The van der Waals surface area contributed by atoms with Crippen LogP contribution in [-0.2, 0) is 30.5 Å². The molecule has 2 aromatic heterocycles. The number of piperazine rings is 1. The van der Waals surface area contributed by atoms with Crippen LogP contribution in [-0.4, -0.2) is 118 Å². The van der Waals surface area contributed by atoms with Crippen molar-refractivity contribution in [3.63, 3.8) is 0 Å². The lowest BCUT2D eigenvalue weighted by molar-refractivity contribution is -0.137. The lowest BCUT2D eigenvalue weighted by Crippen LogP contribution is -2.52. The van der Waals surface area contributed by atoms with Crippen LogP contribution in [0.3, 0.4) is 0 Å². The third kappa shape index (κ3) is 8.90. The van der Waals surface area contributed by atoms with Crippen LogP contribution in [0.15, 0.2) is 85.2 Å². The molecule has 1 saturated carbocycles. The van der Waals surface area contributed by atoms with Crippen LogP contribution in [0.5, 0.6) is 11.5 Å². The molecular weight excluding hydrogens is 903 g/mol. The van der Waals surface area contributed by atoms with Gasteiger partial charge in [0.2, 0.25) is 29.5 Å². The normalized spacial score (nSPS) is 22.0. The first kappa shape index (κ1) is 45.1. The standard InChI is InChI=1S/C51H50F2N10O7/c52-31-1-3-32(4-2-31)56-49(68)51(14-15-51)50(69)57-33-5-7-36(8-6-33)70-43-11-16-54-40-22-42(39(53)21-37(40)43)60-17-12-29(13-18-60)24-61-26-35-20-34(61)27-62(35)28-46(65)58-44-19-30-25-63(48(67)38(30)23-55-44)41-9-10-45(64)59-47(41)66/h1-8,11,16,19,21-23,29,34-35,41H,9-10,12-15,17-18,20,24-28H2,(H,56,68)(H,57,69)(H,55,58,65)(H,59,64,66)/t34-,35-,41?/m1/s1. The minimum atomic E-state index is -1.20. The SMILES string of the molecule is O=C1CCC(N2Cc3cc(NC(=O)CN4C[C@H]5C[C@@H]4CN5CC4CCN(c5cc6nccc(Oc7ccc(NC(=O)C8(C(=O)Nc9ccc(F)cc9)CC8)cc7)c6cc5F)CC4)ncc3C2=O)C(=O)N1. The summed E-state index contributed by atoms with van der Waals surface area (Å²) in [7, 11) is 0. The van der Waals surface area contributed by atoms with E-state index in [9.17, 15) is 33.2 Å². The third-order valence-electron chi connectivity index (χ3n) is 14.8. The summed E-state index contributed by atoms with van der Waals surface area (Å²) in [5.41, 5.74) is 1.84. The predicted molar refractivity (Wildman–Crippen MR) is 253 cm³/mol. The molecule has 1 aliphatic carbocycles. The molecule has 5 fully saturated rings. The van der Waals surface area contributed by atoms with Gasteiger partial charge in [0.05, 0.1) is 23.3 Å². The number of piperidine rings is 2. The van der Waals surface area contributed by atoms with Gasteiger partial charge in [-0.3, -0.25) is 48.9 Å². The van der Waals surface area contributed by atoms with E-state index in [4.69, 9.17) is 4.74 Å². The molecule has 5 aliphatic heterocycles. The molecule has 360 valence electrons. The van der Waals surface area contributed by atoms with Crippen molar-refractivity contribution in [3.05, 3.63) is 108 Å². The van der Waals surface area contributed by atoms with Crippen molar-refractivity contribution >= 4 is 69.2 Å². The summed E-state index contributed by atoms with van der Waals surface area (Å²) in [6.45, 7) is 4.47. The van der Waals surface area contributed by atoms with Gasteiger partial charge in [-0.15, -0.1) is 0 Å². The number of ether oxygens (including phenoxy) is 1. The average Bonchev–Trinajstić information content (AvgIpc) is 3.82. The number of anilines is 4. The third-order valence-corrected chi connectivity index (χ3v) is 14.8. The summed E-state index contributed by atoms with van der Waals surface area (Å²) in [6, 6.07) is 18.6. The number of fused-ring (bicyclic) bond motifs is 4. The molecule has 4 N–H and O–H groups in total. The fraction of sp³-hybridized carbons (Fsp3) is 0.373. The van der Waals surface area contributed by atoms with Gasteiger partial charge in [0, 0.05) is 86.9 Å². The van der Waals surface area contributed by atoms with Gasteiger partial charge in [-0.2, -0.15) is 0 Å². The van der Waals surface area contributed by atoms with Crippen molar-refractivity contribution in [2.45, 2.75) is 69.6 Å². The van der Waals surface area contributed by atoms with E-state index in [2.05, 4.69) is 45.9 Å². The van der Waals surface area contributed by atoms with Gasteiger partial charge in [-0.1, -0.05) is 0 Å². The van der Waals surface area contributed by atoms with Gasteiger partial charge in [0.1, 0.15) is 40.4 Å². The minimum absolute atomic E-state index is 0.171. The van der Waals surface area contributed by atoms with Crippen LogP contribution in [0.2, 0.25) is 0 Å². The van der Waals surface area contributed by atoms with Gasteiger partial charge < -0.3 is 30.5 Å². The highest BCUT2D eigenvalue weighted by atomic mass is 19.1. The summed E-state index contributed by atoms with van der Waals surface area (Å²) < 4.78 is 35.4. The number of carbonyl (C=O) groups excluding carboxylic acids is 6. The van der Waals surface area contributed by atoms with Gasteiger partial charge in [-0.25, -0.2) is 13.8 Å². The molecule has 6 aliphatic rings. The van der Waals surface area contributed by atoms with E-state index in [0.717, 1.165) is 38.9 Å². The monoisotopic (exact) mass is 952 g/mol. The minimum Gasteiger partial charge on any atom is -0.457 e. The molecule has 3 aromatic carbocycles. The Kier molecular flexibility index (Phi) is 11.7. The second kappa shape index (κ2) is 18.2. The van der Waals surface area contributed by atoms with E-state index in [1.165, 1.54) is 41.4 Å². The number of carbonyl (C=O) groups is 6. The first-order valence-electron chi connectivity index (χ1n) is 23.8. The maximum atomic E-state index is 15.9. The van der Waals surface area contributed by atoms with Gasteiger partial charge in [0.15, 0.2) is 0 Å². The molecule has 1 unspecified atom stereocenters. The molecule has 7 heterocycles. The first-order chi connectivity index (χ1) is 33.8. The average molecular weight is 953 g/mol. The van der Waals surface area contributed by atoms with Crippen molar-refractivity contribution < 1.29 is 42.3 Å². The lowest BCUT2D eigenvalue weighted by Gasteiger charge is -2.39. The number of pyridine rings is 2. The van der Waals surface area contributed by atoms with Crippen molar-refractivity contribution in [1.29, 1.82) is 0 Å². The topological polar surface area (TPSA) is 199 Å². The second-order valence-electron chi connectivity index (χ2n) is 19.3. The number of amides is 6. The van der Waals surface area contributed by atoms with Gasteiger partial charge in [-0.05, 0) is 123 Å². The molecule has 2 bridgehead atoms. The number of hydrogen-bond acceptors (Lipinski definition) is 12. The molecule has 17 nitrogen and oxygen atoms in total. The number of nitrogens with zero attached hydrogens (tertiary/aromatic N) is 6. The second-order valence-corrected chi connectivity index (χ2v) is 19.3. The van der Waals surface area contributed by atoms with Crippen LogP contribution >= 0.6 is 0 Å². The molecule has 0 spiro atoms. The fourth-order valence-corrected chi connectivity index (χ4v) is 10.7. The van der Waals surface area contributed by atoms with E-state index in [1.807, 2.05) is 0 Å². The Morgan fingerprint density at radius 2 is 1.51 bits per heavy atom. The quantitative estimate of drug-likeness (QED) is 0.0864. The lowest BCUT2D eigenvalue weighted by atomic mass is 9.95. The summed E-state index contributed by atoms with van der Waals surface area (Å²) in [6.07, 6.45) is 7.13. The Hall–Kier alpha value is -7.38. The van der Waals surface area contributed by atoms with E-state index in [0.29, 0.717) is 94.3 Å². The molecule has 3 atom stereocenters.